The minimum Gasteiger partial charge on any atom is -0.455 e. The lowest BCUT2D eigenvalue weighted by atomic mass is 10.0. The van der Waals surface area contributed by atoms with Crippen molar-refractivity contribution in [2.75, 3.05) is 0 Å². The highest BCUT2D eigenvalue weighted by Gasteiger charge is 2.22. The molecular weight excluding hydrogens is 400 g/mol. The van der Waals surface area contributed by atoms with Gasteiger partial charge >= 0.3 is 5.97 Å². The van der Waals surface area contributed by atoms with Gasteiger partial charge in [0, 0.05) is 22.0 Å². The van der Waals surface area contributed by atoms with Gasteiger partial charge < -0.3 is 4.74 Å². The van der Waals surface area contributed by atoms with E-state index in [0.717, 1.165) is 16.6 Å². The Bertz CT molecular complexity index is 1020. The number of nitro benzene ring substituents is 1. The molecule has 0 fully saturated rings. The van der Waals surface area contributed by atoms with Gasteiger partial charge in [0.05, 0.1) is 10.6 Å². The molecule has 8 heteroatoms. The number of benzene rings is 2. The Morgan fingerprint density at radius 3 is 2.61 bits per heavy atom. The smallest absolute Gasteiger partial charge is 0.345 e. The predicted octanol–water partition coefficient (Wildman–Crippen LogP) is 5.85. The Hall–Kier alpha value is -2.77. The Morgan fingerprint density at radius 1 is 1.25 bits per heavy atom. The van der Waals surface area contributed by atoms with E-state index in [9.17, 15) is 14.9 Å². The SMILES string of the molecule is CC(C)c1ccc(-c2nc(COC(=O)c3ccc(Cl)cc3[N+](=O)[O-])cs2)cc1. The largest absolute Gasteiger partial charge is 0.455 e. The van der Waals surface area contributed by atoms with Gasteiger partial charge in [-0.15, -0.1) is 11.3 Å². The molecular formula is C20H17ClN2O4S. The van der Waals surface area contributed by atoms with Crippen molar-refractivity contribution in [1.82, 2.24) is 4.98 Å². The summed E-state index contributed by atoms with van der Waals surface area (Å²) in [7, 11) is 0. The van der Waals surface area contributed by atoms with E-state index < -0.39 is 10.9 Å². The minimum atomic E-state index is -0.792. The van der Waals surface area contributed by atoms with Crippen LogP contribution in [0.5, 0.6) is 0 Å². The number of nitro groups is 1. The average Bonchev–Trinajstić information content (AvgIpc) is 3.15. The fourth-order valence-corrected chi connectivity index (χ4v) is 3.54. The molecule has 0 amide bonds. The molecule has 3 aromatic rings. The first-order chi connectivity index (χ1) is 13.3. The first-order valence-corrected chi connectivity index (χ1v) is 9.76. The molecule has 28 heavy (non-hydrogen) atoms. The highest BCUT2D eigenvalue weighted by Crippen LogP contribution is 2.27. The van der Waals surface area contributed by atoms with Crippen molar-refractivity contribution in [2.45, 2.75) is 26.4 Å². The summed E-state index contributed by atoms with van der Waals surface area (Å²) in [6, 6.07) is 12.0. The maximum atomic E-state index is 12.2. The van der Waals surface area contributed by atoms with Gasteiger partial charge in [-0.2, -0.15) is 0 Å². The van der Waals surface area contributed by atoms with E-state index in [0.29, 0.717) is 11.6 Å². The third-order valence-electron chi connectivity index (χ3n) is 4.10. The van der Waals surface area contributed by atoms with Crippen molar-refractivity contribution >= 4 is 34.6 Å². The van der Waals surface area contributed by atoms with E-state index in [2.05, 4.69) is 31.0 Å². The van der Waals surface area contributed by atoms with Crippen LogP contribution in [-0.2, 0) is 11.3 Å². The maximum Gasteiger partial charge on any atom is 0.345 e. The van der Waals surface area contributed by atoms with E-state index in [1.54, 1.807) is 5.38 Å². The molecule has 6 nitrogen and oxygen atoms in total. The van der Waals surface area contributed by atoms with Crippen molar-refractivity contribution in [3.05, 3.63) is 79.8 Å². The second kappa shape index (κ2) is 8.50. The summed E-state index contributed by atoms with van der Waals surface area (Å²) in [5.41, 5.74) is 2.29. The van der Waals surface area contributed by atoms with Gasteiger partial charge in [-0.25, -0.2) is 9.78 Å². The number of carbonyl (C=O) groups excluding carboxylic acids is 1. The Kier molecular flexibility index (Phi) is 6.06. The van der Waals surface area contributed by atoms with E-state index in [1.807, 2.05) is 12.1 Å². The van der Waals surface area contributed by atoms with Gasteiger partial charge in [0.15, 0.2) is 0 Å². The zero-order valence-electron chi connectivity index (χ0n) is 15.2. The van der Waals surface area contributed by atoms with Crippen LogP contribution in [0.1, 0.15) is 41.4 Å². The molecule has 1 heterocycles. The predicted molar refractivity (Wildman–Crippen MR) is 109 cm³/mol. The molecule has 0 aliphatic rings. The number of hydrogen-bond acceptors (Lipinski definition) is 6. The highest BCUT2D eigenvalue weighted by atomic mass is 35.5. The summed E-state index contributed by atoms with van der Waals surface area (Å²) in [6.07, 6.45) is 0. The molecule has 0 aliphatic heterocycles. The van der Waals surface area contributed by atoms with Crippen LogP contribution in [0.2, 0.25) is 5.02 Å². The highest BCUT2D eigenvalue weighted by molar-refractivity contribution is 7.13. The second-order valence-electron chi connectivity index (χ2n) is 6.42. The molecule has 3 rings (SSSR count). The van der Waals surface area contributed by atoms with Crippen LogP contribution in [0.3, 0.4) is 0 Å². The summed E-state index contributed by atoms with van der Waals surface area (Å²) in [5, 5.41) is 13.9. The number of nitrogens with zero attached hydrogens (tertiary/aromatic N) is 2. The molecule has 0 saturated heterocycles. The number of halogens is 1. The maximum absolute atomic E-state index is 12.2. The summed E-state index contributed by atoms with van der Waals surface area (Å²) < 4.78 is 5.20. The van der Waals surface area contributed by atoms with Crippen LogP contribution >= 0.6 is 22.9 Å². The molecule has 144 valence electrons. The van der Waals surface area contributed by atoms with Crippen molar-refractivity contribution in [2.24, 2.45) is 0 Å². The molecule has 0 N–H and O–H groups in total. The molecule has 2 aromatic carbocycles. The molecule has 1 aromatic heterocycles. The molecule has 0 unspecified atom stereocenters. The van der Waals surface area contributed by atoms with E-state index in [1.165, 1.54) is 29.0 Å². The number of hydrogen-bond donors (Lipinski definition) is 0. The van der Waals surface area contributed by atoms with Crippen LogP contribution in [0.25, 0.3) is 10.6 Å². The summed E-state index contributed by atoms with van der Waals surface area (Å²) >= 11 is 7.21. The van der Waals surface area contributed by atoms with Crippen LogP contribution in [0.15, 0.2) is 47.8 Å². The number of esters is 1. The van der Waals surface area contributed by atoms with Gasteiger partial charge in [-0.05, 0) is 23.6 Å². The lowest BCUT2D eigenvalue weighted by Gasteiger charge is -2.05. The van der Waals surface area contributed by atoms with E-state index in [4.69, 9.17) is 16.3 Å². The van der Waals surface area contributed by atoms with Crippen LogP contribution < -0.4 is 0 Å². The van der Waals surface area contributed by atoms with Crippen LogP contribution in [-0.4, -0.2) is 15.9 Å². The van der Waals surface area contributed by atoms with Crippen molar-refractivity contribution in [1.29, 1.82) is 0 Å². The molecule has 0 spiro atoms. The van der Waals surface area contributed by atoms with E-state index >= 15 is 0 Å². The van der Waals surface area contributed by atoms with Gasteiger partial charge in [-0.3, -0.25) is 10.1 Å². The van der Waals surface area contributed by atoms with E-state index in [-0.39, 0.29) is 22.9 Å². The average molecular weight is 417 g/mol. The number of rotatable bonds is 6. The quantitative estimate of drug-likeness (QED) is 0.286. The Balaban J connectivity index is 1.69. The summed E-state index contributed by atoms with van der Waals surface area (Å²) in [5.74, 6) is -0.337. The van der Waals surface area contributed by atoms with Gasteiger partial charge in [0.25, 0.3) is 5.69 Å². The second-order valence-corrected chi connectivity index (χ2v) is 7.71. The van der Waals surface area contributed by atoms with Gasteiger partial charge in [0.2, 0.25) is 0 Å². The van der Waals surface area contributed by atoms with Crippen molar-refractivity contribution in [3.8, 4) is 10.6 Å². The van der Waals surface area contributed by atoms with Crippen LogP contribution in [0.4, 0.5) is 5.69 Å². The third kappa shape index (κ3) is 4.55. The fourth-order valence-electron chi connectivity index (χ4n) is 2.56. The van der Waals surface area contributed by atoms with Gasteiger partial charge in [0.1, 0.15) is 17.2 Å². The lowest BCUT2D eigenvalue weighted by molar-refractivity contribution is -0.385. The van der Waals surface area contributed by atoms with Crippen LogP contribution in [0, 0.1) is 10.1 Å². The third-order valence-corrected chi connectivity index (χ3v) is 5.28. The zero-order chi connectivity index (χ0) is 20.3. The molecule has 0 bridgehead atoms. The fraction of sp³-hybridized carbons (Fsp3) is 0.200. The van der Waals surface area contributed by atoms with Crippen molar-refractivity contribution in [3.63, 3.8) is 0 Å². The van der Waals surface area contributed by atoms with Gasteiger partial charge in [-0.1, -0.05) is 49.7 Å². The molecule has 0 aliphatic carbocycles. The molecule has 0 saturated carbocycles. The first kappa shape index (κ1) is 20.0. The standard InChI is InChI=1S/C20H17ClN2O4S/c1-12(2)13-3-5-14(6-4-13)19-22-16(11-28-19)10-27-20(24)17-8-7-15(21)9-18(17)23(25)26/h3-9,11-12H,10H2,1-2H3. The van der Waals surface area contributed by atoms with Crippen molar-refractivity contribution < 1.29 is 14.5 Å². The normalized spacial score (nSPS) is 10.9. The number of ether oxygens (including phenoxy) is 1. The molecule has 0 radical (unpaired) electrons. The summed E-state index contributed by atoms with van der Waals surface area (Å²) in [6.45, 7) is 4.20. The first-order valence-electron chi connectivity index (χ1n) is 8.51. The number of thiazole rings is 1. The Morgan fingerprint density at radius 2 is 1.96 bits per heavy atom. The minimum absolute atomic E-state index is 0.0702. The number of carbonyl (C=O) groups is 1. The molecule has 0 atom stereocenters. The summed E-state index contributed by atoms with van der Waals surface area (Å²) in [4.78, 5) is 27.2. The zero-order valence-corrected chi connectivity index (χ0v) is 16.8. The monoisotopic (exact) mass is 416 g/mol. The Labute approximate surface area is 170 Å². The lowest BCUT2D eigenvalue weighted by Crippen LogP contribution is -2.08. The topological polar surface area (TPSA) is 82.3 Å². The number of aromatic nitrogens is 1.